The Bertz CT molecular complexity index is 1120. The lowest BCUT2D eigenvalue weighted by atomic mass is 9.92. The average molecular weight is 426 g/mol. The molecular formula is C20H22N6O5. The van der Waals surface area contributed by atoms with Gasteiger partial charge >= 0.3 is 0 Å². The third kappa shape index (κ3) is 4.11. The van der Waals surface area contributed by atoms with Gasteiger partial charge in [-0.2, -0.15) is 4.98 Å². The molecule has 3 heterocycles. The van der Waals surface area contributed by atoms with Gasteiger partial charge in [-0.3, -0.25) is 29.5 Å². The van der Waals surface area contributed by atoms with Crippen LogP contribution in [0.15, 0.2) is 23.0 Å². The predicted molar refractivity (Wildman–Crippen MR) is 113 cm³/mol. The Morgan fingerprint density at radius 1 is 1.26 bits per heavy atom. The summed E-state index contributed by atoms with van der Waals surface area (Å²) in [6.07, 6.45) is 2.91. The summed E-state index contributed by atoms with van der Waals surface area (Å²) < 4.78 is 0. The zero-order valence-electron chi connectivity index (χ0n) is 16.9. The van der Waals surface area contributed by atoms with E-state index in [-0.39, 0.29) is 23.5 Å². The largest absolute Gasteiger partial charge is 0.342 e. The van der Waals surface area contributed by atoms with Crippen LogP contribution in [0.4, 0.5) is 23.1 Å². The minimum Gasteiger partial charge on any atom is -0.342 e. The number of nitro benzene ring substituents is 1. The number of hydrogen-bond acceptors (Lipinski definition) is 7. The number of rotatable bonds is 4. The Hall–Kier alpha value is -3.76. The van der Waals surface area contributed by atoms with Crippen molar-refractivity contribution >= 4 is 35.0 Å². The fourth-order valence-corrected chi connectivity index (χ4v) is 3.96. The number of non-ortho nitro benzene ring substituents is 1. The minimum atomic E-state index is -1.02. The molecule has 2 amide bonds. The van der Waals surface area contributed by atoms with Gasteiger partial charge in [0.05, 0.1) is 16.4 Å². The Morgan fingerprint density at radius 3 is 2.68 bits per heavy atom. The number of amides is 2. The summed E-state index contributed by atoms with van der Waals surface area (Å²) in [5.41, 5.74) is 0.417. The van der Waals surface area contributed by atoms with Gasteiger partial charge < -0.3 is 15.5 Å². The minimum absolute atomic E-state index is 0.0937. The zero-order chi connectivity index (χ0) is 22.1. The third-order valence-electron chi connectivity index (χ3n) is 5.59. The molecule has 2 aliphatic heterocycles. The molecule has 3 N–H and O–H groups in total. The van der Waals surface area contributed by atoms with Crippen LogP contribution in [0.3, 0.4) is 0 Å². The molecule has 2 aliphatic rings. The van der Waals surface area contributed by atoms with E-state index < -0.39 is 28.2 Å². The van der Waals surface area contributed by atoms with Gasteiger partial charge in [0.2, 0.25) is 17.8 Å². The molecule has 1 atom stereocenters. The van der Waals surface area contributed by atoms with E-state index in [0.29, 0.717) is 17.2 Å². The van der Waals surface area contributed by atoms with Crippen molar-refractivity contribution in [3.8, 4) is 0 Å². The molecule has 0 aliphatic carbocycles. The Kier molecular flexibility index (Phi) is 5.40. The predicted octanol–water partition coefficient (Wildman–Crippen LogP) is 2.04. The highest BCUT2D eigenvalue weighted by Gasteiger charge is 2.35. The molecule has 31 heavy (non-hydrogen) atoms. The average Bonchev–Trinajstić information content (AvgIpc) is 2.74. The first-order valence-corrected chi connectivity index (χ1v) is 10.1. The topological polar surface area (TPSA) is 150 Å². The van der Waals surface area contributed by atoms with Crippen LogP contribution < -0.4 is 21.1 Å². The van der Waals surface area contributed by atoms with Crippen LogP contribution in [-0.4, -0.2) is 39.8 Å². The van der Waals surface area contributed by atoms with E-state index in [1.54, 1.807) is 6.92 Å². The maximum atomic E-state index is 13.0. The van der Waals surface area contributed by atoms with E-state index in [1.165, 1.54) is 18.2 Å². The summed E-state index contributed by atoms with van der Waals surface area (Å²) in [5, 5.41) is 16.2. The number of hydrogen-bond donors (Lipinski definition) is 3. The van der Waals surface area contributed by atoms with E-state index in [0.717, 1.165) is 32.4 Å². The van der Waals surface area contributed by atoms with Gasteiger partial charge in [-0.1, -0.05) is 0 Å². The van der Waals surface area contributed by atoms with Gasteiger partial charge in [0.1, 0.15) is 5.82 Å². The van der Waals surface area contributed by atoms with Gasteiger partial charge in [0.15, 0.2) is 0 Å². The van der Waals surface area contributed by atoms with Crippen LogP contribution >= 0.6 is 0 Å². The van der Waals surface area contributed by atoms with Crippen LogP contribution in [0.25, 0.3) is 0 Å². The number of aromatic amines is 1. The van der Waals surface area contributed by atoms with Crippen LogP contribution in [0, 0.1) is 17.0 Å². The van der Waals surface area contributed by atoms with Crippen LogP contribution in [-0.2, 0) is 9.59 Å². The Balaban J connectivity index is 1.63. The third-order valence-corrected chi connectivity index (χ3v) is 5.59. The molecule has 0 unspecified atom stereocenters. The van der Waals surface area contributed by atoms with E-state index in [1.807, 2.05) is 4.90 Å². The number of H-pyrrole nitrogens is 1. The highest BCUT2D eigenvalue weighted by Crippen LogP contribution is 2.31. The van der Waals surface area contributed by atoms with Gasteiger partial charge in [-0.05, 0) is 37.8 Å². The molecule has 162 valence electrons. The van der Waals surface area contributed by atoms with Crippen molar-refractivity contribution in [2.45, 2.75) is 38.5 Å². The first-order chi connectivity index (χ1) is 14.8. The second kappa shape index (κ2) is 8.17. The maximum Gasteiger partial charge on any atom is 0.269 e. The monoisotopic (exact) mass is 426 g/mol. The fraction of sp³-hybridized carbons (Fsp3) is 0.400. The van der Waals surface area contributed by atoms with Crippen LogP contribution in [0.5, 0.6) is 0 Å². The molecule has 0 saturated carbocycles. The molecule has 0 radical (unpaired) electrons. The molecule has 1 saturated heterocycles. The van der Waals surface area contributed by atoms with Crippen LogP contribution in [0.1, 0.15) is 42.7 Å². The number of anilines is 3. The number of aromatic nitrogens is 2. The summed E-state index contributed by atoms with van der Waals surface area (Å²) in [6, 6.07) is 4.05. The first-order valence-electron chi connectivity index (χ1n) is 10.1. The summed E-state index contributed by atoms with van der Waals surface area (Å²) in [5.74, 6) is -1.50. The number of nitro groups is 1. The number of fused-ring (bicyclic) bond motifs is 1. The number of piperidine rings is 1. The van der Waals surface area contributed by atoms with Gasteiger partial charge in [-0.15, -0.1) is 0 Å². The molecule has 1 aromatic carbocycles. The summed E-state index contributed by atoms with van der Waals surface area (Å²) in [4.78, 5) is 57.6. The number of aryl methyl sites for hydroxylation is 1. The van der Waals surface area contributed by atoms with Crippen molar-refractivity contribution in [3.63, 3.8) is 0 Å². The van der Waals surface area contributed by atoms with E-state index >= 15 is 0 Å². The quantitative estimate of drug-likeness (QED) is 0.500. The van der Waals surface area contributed by atoms with Gasteiger partial charge in [0, 0.05) is 37.3 Å². The number of nitrogens with one attached hydrogen (secondary N) is 3. The maximum absolute atomic E-state index is 13.0. The molecule has 1 fully saturated rings. The lowest BCUT2D eigenvalue weighted by Crippen LogP contribution is -2.38. The summed E-state index contributed by atoms with van der Waals surface area (Å²) in [6.45, 7) is 3.15. The van der Waals surface area contributed by atoms with Gasteiger partial charge in [-0.25, -0.2) is 0 Å². The molecule has 0 bridgehead atoms. The van der Waals surface area contributed by atoms with Gasteiger partial charge in [0.25, 0.3) is 11.2 Å². The molecular weight excluding hydrogens is 404 g/mol. The second-order valence-corrected chi connectivity index (χ2v) is 7.75. The van der Waals surface area contributed by atoms with E-state index in [9.17, 15) is 24.5 Å². The lowest BCUT2D eigenvalue weighted by Gasteiger charge is -2.29. The van der Waals surface area contributed by atoms with Crippen molar-refractivity contribution in [2.24, 2.45) is 0 Å². The van der Waals surface area contributed by atoms with E-state index in [4.69, 9.17) is 0 Å². The number of nitrogens with zero attached hydrogens (tertiary/aromatic N) is 3. The van der Waals surface area contributed by atoms with E-state index in [2.05, 4.69) is 20.6 Å². The van der Waals surface area contributed by atoms with Crippen LogP contribution in [0.2, 0.25) is 0 Å². The standard InChI is InChI=1S/C20H22N6O5/c1-11-9-12(26(30)31)5-6-14(11)21-18(28)13-10-15(27)22-17-16(13)19(29)24-20(23-17)25-7-3-2-4-8-25/h5-6,9,13H,2-4,7-8,10H2,1H3,(H,21,28)(H2,22,23,24,27,29)/t13-/m0/s1. The molecule has 1 aromatic heterocycles. The van der Waals surface area contributed by atoms with Crippen molar-refractivity contribution in [2.75, 3.05) is 28.6 Å². The highest BCUT2D eigenvalue weighted by atomic mass is 16.6. The molecule has 2 aromatic rings. The highest BCUT2D eigenvalue weighted by molar-refractivity contribution is 6.04. The fourth-order valence-electron chi connectivity index (χ4n) is 3.96. The van der Waals surface area contributed by atoms with Crippen molar-refractivity contribution in [1.29, 1.82) is 0 Å². The normalized spacial score (nSPS) is 18.2. The summed E-state index contributed by atoms with van der Waals surface area (Å²) in [7, 11) is 0. The zero-order valence-corrected chi connectivity index (χ0v) is 16.9. The molecule has 0 spiro atoms. The van der Waals surface area contributed by atoms with Crippen molar-refractivity contribution < 1.29 is 14.5 Å². The SMILES string of the molecule is Cc1cc([N+](=O)[O-])ccc1NC(=O)[C@H]1CC(=O)Nc2nc(N3CCCCC3)[nH]c(=O)c21. The summed E-state index contributed by atoms with van der Waals surface area (Å²) >= 11 is 0. The molecule has 11 heteroatoms. The molecule has 11 nitrogen and oxygen atoms in total. The molecule has 4 rings (SSSR count). The smallest absolute Gasteiger partial charge is 0.269 e. The lowest BCUT2D eigenvalue weighted by molar-refractivity contribution is -0.384. The number of carbonyl (C=O) groups is 2. The number of benzene rings is 1. The second-order valence-electron chi connectivity index (χ2n) is 7.75. The Labute approximate surface area is 177 Å². The number of carbonyl (C=O) groups excluding carboxylic acids is 2. The van der Waals surface area contributed by atoms with Crippen molar-refractivity contribution in [3.05, 3.63) is 49.8 Å². The Morgan fingerprint density at radius 2 is 2.00 bits per heavy atom. The van der Waals surface area contributed by atoms with Crippen molar-refractivity contribution in [1.82, 2.24) is 9.97 Å². The first kappa shape index (κ1) is 20.5.